The summed E-state index contributed by atoms with van der Waals surface area (Å²) in [5.41, 5.74) is 6.82. The Hall–Kier alpha value is -2.82. The number of nitrogen functional groups attached to an aromatic ring is 1. The zero-order valence-corrected chi connectivity index (χ0v) is 16.6. The van der Waals surface area contributed by atoms with Crippen molar-refractivity contribution in [2.75, 3.05) is 12.3 Å². The zero-order valence-electron chi connectivity index (χ0n) is 15.0. The van der Waals surface area contributed by atoms with Gasteiger partial charge in [0.15, 0.2) is 16.6 Å². The normalized spacial score (nSPS) is 19.2. The van der Waals surface area contributed by atoms with Crippen molar-refractivity contribution in [3.8, 4) is 0 Å². The summed E-state index contributed by atoms with van der Waals surface area (Å²) in [4.78, 5) is 25.2. The monoisotopic (exact) mass is 430 g/mol. The largest absolute Gasteiger partial charge is 0.375 e. The molecular formula is C18H15ClN6O3S. The van der Waals surface area contributed by atoms with E-state index in [1.807, 2.05) is 24.3 Å². The zero-order chi connectivity index (χ0) is 20.0. The molecule has 4 aromatic rings. The van der Waals surface area contributed by atoms with Crippen molar-refractivity contribution in [2.45, 2.75) is 25.0 Å². The van der Waals surface area contributed by atoms with Crippen molar-refractivity contribution < 1.29 is 9.26 Å². The van der Waals surface area contributed by atoms with Crippen LogP contribution < -0.4 is 11.3 Å². The average Bonchev–Trinajstić information content (AvgIpc) is 3.44. The Morgan fingerprint density at radius 1 is 1.28 bits per heavy atom. The highest BCUT2D eigenvalue weighted by atomic mass is 35.5. The molecular weight excluding hydrogens is 416 g/mol. The molecule has 0 aliphatic carbocycles. The van der Waals surface area contributed by atoms with Crippen LogP contribution in [-0.2, 0) is 11.3 Å². The number of aromatic nitrogens is 5. The van der Waals surface area contributed by atoms with Gasteiger partial charge in [-0.05, 0) is 24.1 Å². The summed E-state index contributed by atoms with van der Waals surface area (Å²) >= 11 is 7.05. The predicted octanol–water partition coefficient (Wildman–Crippen LogP) is 2.77. The lowest BCUT2D eigenvalue weighted by molar-refractivity contribution is 0.110. The Labute approximate surface area is 173 Å². The van der Waals surface area contributed by atoms with E-state index >= 15 is 0 Å². The summed E-state index contributed by atoms with van der Waals surface area (Å²) in [5.74, 6) is 0.920. The molecule has 2 N–H and O–H groups in total. The number of thiazole rings is 1. The van der Waals surface area contributed by atoms with Crippen LogP contribution in [0.3, 0.4) is 0 Å². The molecule has 0 saturated carbocycles. The van der Waals surface area contributed by atoms with Gasteiger partial charge in [0.05, 0.1) is 12.7 Å². The van der Waals surface area contributed by atoms with E-state index in [9.17, 15) is 4.79 Å². The molecule has 9 nitrogen and oxygen atoms in total. The topological polar surface area (TPSA) is 122 Å². The minimum Gasteiger partial charge on any atom is -0.375 e. The maximum absolute atomic E-state index is 12.6. The first kappa shape index (κ1) is 18.2. The molecule has 29 heavy (non-hydrogen) atoms. The van der Waals surface area contributed by atoms with Gasteiger partial charge in [-0.15, -0.1) is 0 Å². The number of rotatable bonds is 4. The molecule has 1 aromatic carbocycles. The standard InChI is InChI=1S/C18H15ClN6O3S/c19-11-3-1-9(2-4-11)12-5-10(7-27-12)15-22-13(28-24-15)6-25-8-21-16-14(17(25)26)29-18(20)23-16/h1-4,8,10,12H,5-7H2,(H2,20,23)/t10-,12+/m0/s1. The van der Waals surface area contributed by atoms with E-state index in [2.05, 4.69) is 20.1 Å². The van der Waals surface area contributed by atoms with E-state index in [0.717, 1.165) is 23.3 Å². The van der Waals surface area contributed by atoms with Crippen molar-refractivity contribution >= 4 is 38.4 Å². The molecule has 0 amide bonds. The molecule has 1 fully saturated rings. The van der Waals surface area contributed by atoms with E-state index in [1.165, 1.54) is 10.9 Å². The quantitative estimate of drug-likeness (QED) is 0.524. The van der Waals surface area contributed by atoms with E-state index < -0.39 is 0 Å². The van der Waals surface area contributed by atoms with Crippen molar-refractivity contribution in [3.63, 3.8) is 0 Å². The van der Waals surface area contributed by atoms with Crippen molar-refractivity contribution in [1.82, 2.24) is 24.7 Å². The fraction of sp³-hybridized carbons (Fsp3) is 0.278. The van der Waals surface area contributed by atoms with E-state index in [1.54, 1.807) is 0 Å². The lowest BCUT2D eigenvalue weighted by atomic mass is 10.0. The minimum absolute atomic E-state index is 0.0202. The number of benzene rings is 1. The number of hydrogen-bond donors (Lipinski definition) is 1. The fourth-order valence-corrected chi connectivity index (χ4v) is 4.20. The summed E-state index contributed by atoms with van der Waals surface area (Å²) in [6.45, 7) is 0.626. The second-order valence-corrected chi connectivity index (χ2v) is 8.20. The predicted molar refractivity (Wildman–Crippen MR) is 107 cm³/mol. The molecule has 1 saturated heterocycles. The Balaban J connectivity index is 1.32. The average molecular weight is 431 g/mol. The van der Waals surface area contributed by atoms with Gasteiger partial charge in [-0.25, -0.2) is 9.97 Å². The Morgan fingerprint density at radius 2 is 2.10 bits per heavy atom. The second kappa shape index (κ2) is 7.21. The van der Waals surface area contributed by atoms with Crippen LogP contribution in [0.15, 0.2) is 39.9 Å². The van der Waals surface area contributed by atoms with Crippen LogP contribution >= 0.6 is 22.9 Å². The number of nitrogens with two attached hydrogens (primary N) is 1. The van der Waals surface area contributed by atoms with Crippen LogP contribution in [0.1, 0.15) is 35.7 Å². The summed E-state index contributed by atoms with van der Waals surface area (Å²) < 4.78 is 13.1. The van der Waals surface area contributed by atoms with Gasteiger partial charge in [-0.1, -0.05) is 40.2 Å². The highest BCUT2D eigenvalue weighted by Crippen LogP contribution is 2.37. The summed E-state index contributed by atoms with van der Waals surface area (Å²) in [5, 5.41) is 5.07. The lowest BCUT2D eigenvalue weighted by Gasteiger charge is -2.09. The maximum atomic E-state index is 12.6. The number of anilines is 1. The molecule has 5 rings (SSSR count). The minimum atomic E-state index is -0.240. The SMILES string of the molecule is Nc1nc2ncn(Cc3nc([C@@H]4CO[C@@H](c5ccc(Cl)cc5)C4)no3)c(=O)c2s1. The van der Waals surface area contributed by atoms with Gasteiger partial charge in [0, 0.05) is 10.9 Å². The van der Waals surface area contributed by atoms with Gasteiger partial charge in [0.25, 0.3) is 5.56 Å². The second-order valence-electron chi connectivity index (χ2n) is 6.73. The van der Waals surface area contributed by atoms with Gasteiger partial charge in [-0.3, -0.25) is 9.36 Å². The van der Waals surface area contributed by atoms with Gasteiger partial charge in [0.2, 0.25) is 5.89 Å². The fourth-order valence-electron chi connectivity index (χ4n) is 3.34. The molecule has 2 atom stereocenters. The summed E-state index contributed by atoms with van der Waals surface area (Å²) in [6, 6.07) is 7.61. The third-order valence-corrected chi connectivity index (χ3v) is 5.91. The van der Waals surface area contributed by atoms with Crippen LogP contribution in [0, 0.1) is 0 Å². The molecule has 3 aromatic heterocycles. The lowest BCUT2D eigenvalue weighted by Crippen LogP contribution is -2.20. The van der Waals surface area contributed by atoms with Crippen LogP contribution in [0.4, 0.5) is 5.13 Å². The van der Waals surface area contributed by atoms with Crippen molar-refractivity contribution in [2.24, 2.45) is 0 Å². The molecule has 0 unspecified atom stereocenters. The number of ether oxygens (including phenoxy) is 1. The van der Waals surface area contributed by atoms with Gasteiger partial charge >= 0.3 is 0 Å². The van der Waals surface area contributed by atoms with Crippen LogP contribution in [0.5, 0.6) is 0 Å². The first-order valence-corrected chi connectivity index (χ1v) is 10.1. The number of hydrogen-bond acceptors (Lipinski definition) is 9. The van der Waals surface area contributed by atoms with E-state index in [-0.39, 0.29) is 24.1 Å². The molecule has 0 bridgehead atoms. The summed E-state index contributed by atoms with van der Waals surface area (Å²) in [7, 11) is 0. The first-order valence-electron chi connectivity index (χ1n) is 8.88. The molecule has 4 heterocycles. The maximum Gasteiger partial charge on any atom is 0.273 e. The van der Waals surface area contributed by atoms with Crippen molar-refractivity contribution in [3.05, 3.63) is 63.2 Å². The van der Waals surface area contributed by atoms with E-state index in [0.29, 0.717) is 38.8 Å². The van der Waals surface area contributed by atoms with Crippen LogP contribution in [0.2, 0.25) is 5.02 Å². The molecule has 0 spiro atoms. The Morgan fingerprint density at radius 3 is 2.93 bits per heavy atom. The molecule has 148 valence electrons. The Kier molecular flexibility index (Phi) is 4.53. The highest BCUT2D eigenvalue weighted by molar-refractivity contribution is 7.21. The van der Waals surface area contributed by atoms with Crippen LogP contribution in [0.25, 0.3) is 10.3 Å². The molecule has 1 aliphatic heterocycles. The number of halogens is 1. The summed E-state index contributed by atoms with van der Waals surface area (Å²) in [6.07, 6.45) is 2.11. The van der Waals surface area contributed by atoms with Gasteiger partial charge < -0.3 is 15.0 Å². The van der Waals surface area contributed by atoms with Gasteiger partial charge in [0.1, 0.15) is 17.6 Å². The molecule has 0 radical (unpaired) electrons. The smallest absolute Gasteiger partial charge is 0.273 e. The first-order chi connectivity index (χ1) is 14.1. The van der Waals surface area contributed by atoms with Crippen LogP contribution in [-0.4, -0.2) is 31.3 Å². The van der Waals surface area contributed by atoms with Crippen molar-refractivity contribution in [1.29, 1.82) is 0 Å². The number of nitrogens with zero attached hydrogens (tertiary/aromatic N) is 5. The molecule has 1 aliphatic rings. The highest BCUT2D eigenvalue weighted by Gasteiger charge is 2.31. The number of fused-ring (bicyclic) bond motifs is 1. The third kappa shape index (κ3) is 3.50. The van der Waals surface area contributed by atoms with Gasteiger partial charge in [-0.2, -0.15) is 4.98 Å². The Bertz CT molecular complexity index is 1230. The molecule has 11 heteroatoms. The third-order valence-electron chi connectivity index (χ3n) is 4.79. The van der Waals surface area contributed by atoms with E-state index in [4.69, 9.17) is 26.6 Å².